The summed E-state index contributed by atoms with van der Waals surface area (Å²) in [6.45, 7) is 4.02. The lowest BCUT2D eigenvalue weighted by Gasteiger charge is -2.31. The Kier molecular flexibility index (Phi) is 5.17. The number of likely N-dealkylation sites (N-methyl/N-ethyl adjacent to an activating group) is 1. The van der Waals surface area contributed by atoms with Crippen molar-refractivity contribution in [3.8, 4) is 0 Å². The predicted molar refractivity (Wildman–Crippen MR) is 74.5 cm³/mol. The topological polar surface area (TPSA) is 24.5 Å². The van der Waals surface area contributed by atoms with Gasteiger partial charge < -0.3 is 10.1 Å². The molecule has 1 aliphatic rings. The molecule has 3 nitrogen and oxygen atoms in total. The van der Waals surface area contributed by atoms with E-state index < -0.39 is 0 Å². The molecular formula is C15H24N2O. The average molecular weight is 248 g/mol. The number of nitrogens with one attached hydrogen (secondary N) is 1. The normalized spacial score (nSPS) is 20.3. The number of ether oxygens (including phenoxy) is 1. The molecule has 1 aromatic rings. The Balaban J connectivity index is 1.87. The number of hydrogen-bond acceptors (Lipinski definition) is 3. The maximum absolute atomic E-state index is 5.13. The van der Waals surface area contributed by atoms with Crippen molar-refractivity contribution in [1.82, 2.24) is 10.2 Å². The van der Waals surface area contributed by atoms with Crippen LogP contribution in [0.5, 0.6) is 0 Å². The maximum atomic E-state index is 5.13. The van der Waals surface area contributed by atoms with E-state index in [9.17, 15) is 0 Å². The molecule has 1 saturated heterocycles. The van der Waals surface area contributed by atoms with Crippen LogP contribution < -0.4 is 5.32 Å². The molecule has 1 fully saturated rings. The Hall–Kier alpha value is -0.900. The van der Waals surface area contributed by atoms with Crippen molar-refractivity contribution in [1.29, 1.82) is 0 Å². The SMILES string of the molecule is COCc1ccc(CN(C)C2CCCNC2)cc1. The zero-order valence-electron chi connectivity index (χ0n) is 11.5. The van der Waals surface area contributed by atoms with E-state index >= 15 is 0 Å². The van der Waals surface area contributed by atoms with Crippen molar-refractivity contribution in [2.24, 2.45) is 0 Å². The van der Waals surface area contributed by atoms with E-state index in [-0.39, 0.29) is 0 Å². The van der Waals surface area contributed by atoms with Crippen LogP contribution in [0.3, 0.4) is 0 Å². The third kappa shape index (κ3) is 3.80. The fraction of sp³-hybridized carbons (Fsp3) is 0.600. The smallest absolute Gasteiger partial charge is 0.0713 e. The van der Waals surface area contributed by atoms with Crippen LogP contribution in [0.4, 0.5) is 0 Å². The first kappa shape index (κ1) is 13.5. The lowest BCUT2D eigenvalue weighted by atomic mass is 10.1. The number of nitrogens with zero attached hydrogens (tertiary/aromatic N) is 1. The molecule has 1 heterocycles. The molecule has 2 rings (SSSR count). The van der Waals surface area contributed by atoms with Crippen molar-refractivity contribution in [3.05, 3.63) is 35.4 Å². The molecule has 1 unspecified atom stereocenters. The molecule has 0 aromatic heterocycles. The summed E-state index contributed by atoms with van der Waals surface area (Å²) in [7, 11) is 3.96. The van der Waals surface area contributed by atoms with Gasteiger partial charge in [-0.05, 0) is 37.6 Å². The number of benzene rings is 1. The van der Waals surface area contributed by atoms with Crippen molar-refractivity contribution in [2.75, 3.05) is 27.2 Å². The van der Waals surface area contributed by atoms with Gasteiger partial charge in [-0.1, -0.05) is 24.3 Å². The van der Waals surface area contributed by atoms with E-state index in [0.717, 1.165) is 13.1 Å². The molecule has 0 bridgehead atoms. The maximum Gasteiger partial charge on any atom is 0.0713 e. The van der Waals surface area contributed by atoms with Gasteiger partial charge in [-0.15, -0.1) is 0 Å². The lowest BCUT2D eigenvalue weighted by molar-refractivity contribution is 0.184. The van der Waals surface area contributed by atoms with Crippen LogP contribution in [0, 0.1) is 0 Å². The standard InChI is InChI=1S/C15H24N2O/c1-17(15-4-3-9-16-10-15)11-13-5-7-14(8-6-13)12-18-2/h5-8,15-16H,3-4,9-12H2,1-2H3. The Morgan fingerprint density at radius 2 is 2.00 bits per heavy atom. The van der Waals surface area contributed by atoms with Gasteiger partial charge in [0.1, 0.15) is 0 Å². The zero-order chi connectivity index (χ0) is 12.8. The van der Waals surface area contributed by atoms with Gasteiger partial charge in [-0.3, -0.25) is 4.90 Å². The van der Waals surface area contributed by atoms with E-state index in [0.29, 0.717) is 12.6 Å². The van der Waals surface area contributed by atoms with E-state index in [2.05, 4.69) is 41.5 Å². The van der Waals surface area contributed by atoms with E-state index in [1.165, 1.54) is 30.5 Å². The van der Waals surface area contributed by atoms with Crippen LogP contribution in [0.25, 0.3) is 0 Å². The highest BCUT2D eigenvalue weighted by atomic mass is 16.5. The first-order valence-electron chi connectivity index (χ1n) is 6.77. The largest absolute Gasteiger partial charge is 0.380 e. The summed E-state index contributed by atoms with van der Waals surface area (Å²) in [5.41, 5.74) is 2.62. The van der Waals surface area contributed by atoms with Gasteiger partial charge in [0.2, 0.25) is 0 Å². The Labute approximate surface area is 110 Å². The molecular weight excluding hydrogens is 224 g/mol. The Morgan fingerprint density at radius 3 is 2.61 bits per heavy atom. The lowest BCUT2D eigenvalue weighted by Crippen LogP contribution is -2.43. The summed E-state index contributed by atoms with van der Waals surface area (Å²) in [4.78, 5) is 2.46. The minimum absolute atomic E-state index is 0.678. The molecule has 0 saturated carbocycles. The highest BCUT2D eigenvalue weighted by molar-refractivity contribution is 5.22. The zero-order valence-corrected chi connectivity index (χ0v) is 11.5. The van der Waals surface area contributed by atoms with E-state index in [1.54, 1.807) is 7.11 Å². The van der Waals surface area contributed by atoms with Gasteiger partial charge in [-0.2, -0.15) is 0 Å². The van der Waals surface area contributed by atoms with Gasteiger partial charge >= 0.3 is 0 Å². The first-order valence-corrected chi connectivity index (χ1v) is 6.77. The molecule has 0 radical (unpaired) electrons. The summed E-state index contributed by atoms with van der Waals surface area (Å²) in [6.07, 6.45) is 2.60. The third-order valence-corrected chi connectivity index (χ3v) is 3.66. The van der Waals surface area contributed by atoms with Crippen LogP contribution in [0.15, 0.2) is 24.3 Å². The molecule has 0 spiro atoms. The highest BCUT2D eigenvalue weighted by Crippen LogP contribution is 2.13. The second-order valence-electron chi connectivity index (χ2n) is 5.16. The van der Waals surface area contributed by atoms with Gasteiger partial charge in [0, 0.05) is 26.2 Å². The summed E-state index contributed by atoms with van der Waals surface area (Å²) in [5, 5.41) is 3.47. The first-order chi connectivity index (χ1) is 8.79. The van der Waals surface area contributed by atoms with Crippen LogP contribution >= 0.6 is 0 Å². The highest BCUT2D eigenvalue weighted by Gasteiger charge is 2.17. The second-order valence-corrected chi connectivity index (χ2v) is 5.16. The van der Waals surface area contributed by atoms with Gasteiger partial charge in [-0.25, -0.2) is 0 Å². The Bertz CT molecular complexity index is 344. The quantitative estimate of drug-likeness (QED) is 0.863. The third-order valence-electron chi connectivity index (χ3n) is 3.66. The van der Waals surface area contributed by atoms with E-state index in [1.807, 2.05) is 0 Å². The molecule has 18 heavy (non-hydrogen) atoms. The van der Waals surface area contributed by atoms with Crippen molar-refractivity contribution < 1.29 is 4.74 Å². The monoisotopic (exact) mass is 248 g/mol. The molecule has 1 N–H and O–H groups in total. The molecule has 0 aliphatic carbocycles. The van der Waals surface area contributed by atoms with Crippen LogP contribution in [0.1, 0.15) is 24.0 Å². The van der Waals surface area contributed by atoms with Crippen LogP contribution in [-0.4, -0.2) is 38.2 Å². The van der Waals surface area contributed by atoms with Crippen LogP contribution in [-0.2, 0) is 17.9 Å². The predicted octanol–water partition coefficient (Wildman–Crippen LogP) is 2.02. The molecule has 1 aromatic carbocycles. The van der Waals surface area contributed by atoms with Crippen molar-refractivity contribution in [2.45, 2.75) is 32.0 Å². The van der Waals surface area contributed by atoms with Crippen molar-refractivity contribution in [3.63, 3.8) is 0 Å². The minimum atomic E-state index is 0.678. The number of methoxy groups -OCH3 is 1. The summed E-state index contributed by atoms with van der Waals surface area (Å²) in [6, 6.07) is 9.41. The van der Waals surface area contributed by atoms with Crippen molar-refractivity contribution >= 4 is 0 Å². The van der Waals surface area contributed by atoms with Crippen LogP contribution in [0.2, 0.25) is 0 Å². The molecule has 0 amide bonds. The number of piperidine rings is 1. The number of hydrogen-bond donors (Lipinski definition) is 1. The molecule has 100 valence electrons. The number of rotatable bonds is 5. The summed E-state index contributed by atoms with van der Waals surface area (Å²) in [5.74, 6) is 0. The summed E-state index contributed by atoms with van der Waals surface area (Å²) < 4.78 is 5.13. The minimum Gasteiger partial charge on any atom is -0.380 e. The fourth-order valence-corrected chi connectivity index (χ4v) is 2.53. The van der Waals surface area contributed by atoms with Gasteiger partial charge in [0.15, 0.2) is 0 Å². The van der Waals surface area contributed by atoms with Gasteiger partial charge in [0.05, 0.1) is 6.61 Å². The van der Waals surface area contributed by atoms with E-state index in [4.69, 9.17) is 4.74 Å². The molecule has 3 heteroatoms. The van der Waals surface area contributed by atoms with Gasteiger partial charge in [0.25, 0.3) is 0 Å². The summed E-state index contributed by atoms with van der Waals surface area (Å²) >= 11 is 0. The fourth-order valence-electron chi connectivity index (χ4n) is 2.53. The Morgan fingerprint density at radius 1 is 1.28 bits per heavy atom. The molecule has 1 atom stereocenters. The average Bonchev–Trinajstić information content (AvgIpc) is 2.42. The second kappa shape index (κ2) is 6.88. The molecule has 1 aliphatic heterocycles.